The molecule has 1 aliphatic carbocycles. The van der Waals surface area contributed by atoms with Crippen LogP contribution in [0.1, 0.15) is 44.7 Å². The van der Waals surface area contributed by atoms with Gasteiger partial charge in [-0.25, -0.2) is 0 Å². The van der Waals surface area contributed by atoms with Crippen LogP contribution in [-0.4, -0.2) is 63.4 Å². The van der Waals surface area contributed by atoms with E-state index in [4.69, 9.17) is 14.2 Å². The molecule has 3 aromatic carbocycles. The smallest absolute Gasteiger partial charge is 0.231 e. The summed E-state index contributed by atoms with van der Waals surface area (Å²) >= 11 is 0. The molecule has 3 aromatic rings. The number of ether oxygens (including phenoxy) is 3. The van der Waals surface area contributed by atoms with E-state index in [0.717, 1.165) is 79.2 Å². The van der Waals surface area contributed by atoms with Crippen LogP contribution < -0.4 is 14.4 Å². The van der Waals surface area contributed by atoms with E-state index >= 15 is 0 Å². The number of carbonyl (C=O) groups is 1. The van der Waals surface area contributed by atoms with Gasteiger partial charge in [0.15, 0.2) is 0 Å². The van der Waals surface area contributed by atoms with Gasteiger partial charge in [-0.2, -0.15) is 0 Å². The second-order valence-electron chi connectivity index (χ2n) is 11.4. The second-order valence-corrected chi connectivity index (χ2v) is 11.4. The molecule has 1 saturated heterocycles. The zero-order valence-corrected chi connectivity index (χ0v) is 23.2. The normalized spacial score (nSPS) is 16.4. The molecule has 1 aliphatic heterocycles. The summed E-state index contributed by atoms with van der Waals surface area (Å²) in [5, 5.41) is 2.11. The lowest BCUT2D eigenvalue weighted by Gasteiger charge is -2.28. The van der Waals surface area contributed by atoms with E-state index in [0.29, 0.717) is 13.0 Å². The Morgan fingerprint density at radius 1 is 1.00 bits per heavy atom. The molecule has 0 aromatic heterocycles. The van der Waals surface area contributed by atoms with Crippen molar-refractivity contribution in [2.45, 2.75) is 51.5 Å². The number of rotatable bonds is 9. The maximum absolute atomic E-state index is 13.9. The lowest BCUT2D eigenvalue weighted by atomic mass is 9.86. The molecule has 38 heavy (non-hydrogen) atoms. The quantitative estimate of drug-likeness (QED) is 0.371. The molecule has 0 bridgehead atoms. The number of nitrogens with zero attached hydrogens (tertiary/aromatic N) is 2. The van der Waals surface area contributed by atoms with Gasteiger partial charge >= 0.3 is 0 Å². The van der Waals surface area contributed by atoms with E-state index in [9.17, 15) is 4.79 Å². The average Bonchev–Trinajstić information content (AvgIpc) is 3.75. The Labute approximate surface area is 226 Å². The lowest BCUT2D eigenvalue weighted by molar-refractivity contribution is -0.118. The fourth-order valence-electron chi connectivity index (χ4n) is 5.18. The topological polar surface area (TPSA) is 51.2 Å². The summed E-state index contributed by atoms with van der Waals surface area (Å²) < 4.78 is 17.4. The first-order valence-electron chi connectivity index (χ1n) is 13.8. The highest BCUT2D eigenvalue weighted by Gasteiger charge is 2.36. The highest BCUT2D eigenvalue weighted by atomic mass is 16.5. The number of morpholine rings is 1. The fraction of sp³-hybridized carbons (Fsp3) is 0.469. The third kappa shape index (κ3) is 5.97. The summed E-state index contributed by atoms with van der Waals surface area (Å²) in [5.41, 5.74) is 3.06. The molecule has 0 spiro atoms. The van der Waals surface area contributed by atoms with Crippen molar-refractivity contribution in [3.8, 4) is 11.5 Å². The second kappa shape index (κ2) is 11.3. The van der Waals surface area contributed by atoms with Gasteiger partial charge in [-0.3, -0.25) is 9.69 Å². The van der Waals surface area contributed by atoms with Crippen molar-refractivity contribution < 1.29 is 19.0 Å². The summed E-state index contributed by atoms with van der Waals surface area (Å²) in [6, 6.07) is 18.8. The van der Waals surface area contributed by atoms with Crippen LogP contribution in [-0.2, 0) is 21.4 Å². The van der Waals surface area contributed by atoms with Crippen molar-refractivity contribution in [1.82, 2.24) is 4.90 Å². The van der Waals surface area contributed by atoms with Crippen molar-refractivity contribution in [3.63, 3.8) is 0 Å². The molecule has 0 N–H and O–H groups in total. The van der Waals surface area contributed by atoms with Crippen molar-refractivity contribution in [2.24, 2.45) is 0 Å². The van der Waals surface area contributed by atoms with Gasteiger partial charge in [0.2, 0.25) is 5.91 Å². The number of hydrogen-bond donors (Lipinski definition) is 0. The van der Waals surface area contributed by atoms with E-state index in [2.05, 4.69) is 56.0 Å². The number of carbonyl (C=O) groups excluding carboxylic acids is 1. The largest absolute Gasteiger partial charge is 0.495 e. The first-order valence-corrected chi connectivity index (χ1v) is 13.8. The van der Waals surface area contributed by atoms with Crippen LogP contribution in [0.2, 0.25) is 0 Å². The van der Waals surface area contributed by atoms with E-state index < -0.39 is 0 Å². The Morgan fingerprint density at radius 2 is 1.71 bits per heavy atom. The molecule has 1 amide bonds. The molecule has 6 nitrogen and oxygen atoms in total. The third-order valence-electron chi connectivity index (χ3n) is 7.57. The minimum absolute atomic E-state index is 0.0207. The number of amides is 1. The van der Waals surface area contributed by atoms with Gasteiger partial charge in [-0.15, -0.1) is 0 Å². The standard InChI is InChI=1S/C32H40N2O4/c1-32(2,3)24-10-14-30(36-4)28(22-24)34(25-11-12-25)31(35)21-23-9-13-29(27-8-6-5-7-26(23)27)38-20-17-33-15-18-37-19-16-33/h5-10,13-14,22,25H,11-12,15-21H2,1-4H3. The molecule has 1 saturated carbocycles. The van der Waals surface area contributed by atoms with Crippen molar-refractivity contribution in [2.75, 3.05) is 51.5 Å². The molecular formula is C32H40N2O4. The van der Waals surface area contributed by atoms with Crippen molar-refractivity contribution in [3.05, 3.63) is 65.7 Å². The summed E-state index contributed by atoms with van der Waals surface area (Å²) in [6.45, 7) is 11.6. The molecule has 0 unspecified atom stereocenters. The molecule has 0 radical (unpaired) electrons. The highest BCUT2D eigenvalue weighted by Crippen LogP contribution is 2.40. The average molecular weight is 517 g/mol. The van der Waals surface area contributed by atoms with Gasteiger partial charge < -0.3 is 19.1 Å². The number of benzene rings is 3. The minimum atomic E-state index is -0.0207. The van der Waals surface area contributed by atoms with Crippen LogP contribution in [0.4, 0.5) is 5.69 Å². The van der Waals surface area contributed by atoms with Crippen LogP contribution in [0.5, 0.6) is 11.5 Å². The number of anilines is 1. The predicted molar refractivity (Wildman–Crippen MR) is 153 cm³/mol. The van der Waals surface area contributed by atoms with Crippen LogP contribution in [0, 0.1) is 0 Å². The molecule has 2 aliphatic rings. The van der Waals surface area contributed by atoms with Crippen molar-refractivity contribution in [1.29, 1.82) is 0 Å². The van der Waals surface area contributed by atoms with Crippen molar-refractivity contribution >= 4 is 22.4 Å². The number of hydrogen-bond acceptors (Lipinski definition) is 5. The molecule has 1 heterocycles. The zero-order valence-electron chi connectivity index (χ0n) is 23.2. The minimum Gasteiger partial charge on any atom is -0.495 e. The Morgan fingerprint density at radius 3 is 2.39 bits per heavy atom. The molecular weight excluding hydrogens is 476 g/mol. The Balaban J connectivity index is 1.38. The lowest BCUT2D eigenvalue weighted by Crippen LogP contribution is -2.38. The molecule has 202 valence electrons. The summed E-state index contributed by atoms with van der Waals surface area (Å²) in [4.78, 5) is 18.3. The van der Waals surface area contributed by atoms with Gasteiger partial charge in [-0.1, -0.05) is 57.2 Å². The number of methoxy groups -OCH3 is 1. The molecule has 2 fully saturated rings. The zero-order chi connectivity index (χ0) is 26.7. The maximum Gasteiger partial charge on any atom is 0.231 e. The van der Waals surface area contributed by atoms with E-state index in [1.54, 1.807) is 7.11 Å². The Bertz CT molecular complexity index is 1270. The van der Waals surface area contributed by atoms with Crippen LogP contribution in [0.3, 0.4) is 0 Å². The Hall–Kier alpha value is -3.09. The van der Waals surface area contributed by atoms with E-state index in [-0.39, 0.29) is 17.4 Å². The highest BCUT2D eigenvalue weighted by molar-refractivity contribution is 6.00. The van der Waals surface area contributed by atoms with Gasteiger partial charge in [0.25, 0.3) is 0 Å². The van der Waals surface area contributed by atoms with Crippen LogP contribution >= 0.6 is 0 Å². The van der Waals surface area contributed by atoms with Gasteiger partial charge in [0.1, 0.15) is 18.1 Å². The first kappa shape index (κ1) is 26.5. The summed E-state index contributed by atoms with van der Waals surface area (Å²) in [7, 11) is 1.68. The van der Waals surface area contributed by atoms with Gasteiger partial charge in [0.05, 0.1) is 32.4 Å². The SMILES string of the molecule is COc1ccc(C(C)(C)C)cc1N(C(=O)Cc1ccc(OCCN2CCOCC2)c2ccccc12)C1CC1. The predicted octanol–water partition coefficient (Wildman–Crippen LogP) is 5.60. The van der Waals surface area contributed by atoms with Gasteiger partial charge in [0, 0.05) is 31.1 Å². The molecule has 5 rings (SSSR count). The maximum atomic E-state index is 13.9. The summed E-state index contributed by atoms with van der Waals surface area (Å²) in [5.74, 6) is 1.71. The molecule has 0 atom stereocenters. The van der Waals surface area contributed by atoms with Crippen LogP contribution in [0.25, 0.3) is 10.8 Å². The fourth-order valence-corrected chi connectivity index (χ4v) is 5.18. The molecule has 6 heteroatoms. The van der Waals surface area contributed by atoms with Gasteiger partial charge in [-0.05, 0) is 53.0 Å². The monoisotopic (exact) mass is 516 g/mol. The summed E-state index contributed by atoms with van der Waals surface area (Å²) in [6.07, 6.45) is 2.37. The Kier molecular flexibility index (Phi) is 7.91. The van der Waals surface area contributed by atoms with E-state index in [1.165, 1.54) is 5.56 Å². The number of fused-ring (bicyclic) bond motifs is 1. The first-order chi connectivity index (χ1) is 18.3. The third-order valence-corrected chi connectivity index (χ3v) is 7.57. The van der Waals surface area contributed by atoms with Crippen LogP contribution in [0.15, 0.2) is 54.6 Å². The van der Waals surface area contributed by atoms with E-state index in [1.807, 2.05) is 29.2 Å².